The van der Waals surface area contributed by atoms with Crippen molar-refractivity contribution in [2.75, 3.05) is 13.1 Å². The fraction of sp³-hybridized carbons (Fsp3) is 0.286. The van der Waals surface area contributed by atoms with Gasteiger partial charge in [0.1, 0.15) is 5.01 Å². The number of hydrogen-bond acceptors (Lipinski definition) is 4. The zero-order valence-corrected chi connectivity index (χ0v) is 13.6. The van der Waals surface area contributed by atoms with Crippen molar-refractivity contribution in [1.82, 2.24) is 10.3 Å². The van der Waals surface area contributed by atoms with Crippen LogP contribution in [0.1, 0.15) is 12.1 Å². The number of nitrogens with two attached hydrogens (primary N) is 1. The van der Waals surface area contributed by atoms with Crippen LogP contribution in [0.2, 0.25) is 10.0 Å². The van der Waals surface area contributed by atoms with Gasteiger partial charge in [0, 0.05) is 22.5 Å². The highest BCUT2D eigenvalue weighted by Gasteiger charge is 2.11. The van der Waals surface area contributed by atoms with Gasteiger partial charge in [-0.25, -0.2) is 4.98 Å². The summed E-state index contributed by atoms with van der Waals surface area (Å²) in [5.74, 6) is -0.0532. The molecule has 0 atom stereocenters. The first kappa shape index (κ1) is 16.2. The van der Waals surface area contributed by atoms with Gasteiger partial charge in [0.15, 0.2) is 0 Å². The topological polar surface area (TPSA) is 68.0 Å². The minimum Gasteiger partial charge on any atom is -0.356 e. The van der Waals surface area contributed by atoms with Gasteiger partial charge in [-0.2, -0.15) is 0 Å². The van der Waals surface area contributed by atoms with Gasteiger partial charge in [0.2, 0.25) is 5.91 Å². The number of amides is 1. The average molecular weight is 344 g/mol. The van der Waals surface area contributed by atoms with Crippen molar-refractivity contribution in [3.05, 3.63) is 39.3 Å². The summed E-state index contributed by atoms with van der Waals surface area (Å²) < 4.78 is 0. The van der Waals surface area contributed by atoms with E-state index in [-0.39, 0.29) is 12.3 Å². The van der Waals surface area contributed by atoms with Crippen LogP contribution in [-0.4, -0.2) is 24.0 Å². The maximum Gasteiger partial charge on any atom is 0.226 e. The summed E-state index contributed by atoms with van der Waals surface area (Å²) >= 11 is 13.5. The monoisotopic (exact) mass is 343 g/mol. The second-order valence-electron chi connectivity index (χ2n) is 4.44. The van der Waals surface area contributed by atoms with Gasteiger partial charge >= 0.3 is 0 Å². The van der Waals surface area contributed by atoms with Crippen LogP contribution in [0.3, 0.4) is 0 Å². The number of halogens is 2. The van der Waals surface area contributed by atoms with Crippen molar-refractivity contribution in [2.45, 2.75) is 12.8 Å². The van der Waals surface area contributed by atoms with Crippen molar-refractivity contribution >= 4 is 40.4 Å². The molecule has 0 saturated carbocycles. The first-order chi connectivity index (χ1) is 10.1. The van der Waals surface area contributed by atoms with E-state index in [0.717, 1.165) is 22.7 Å². The fourth-order valence-electron chi connectivity index (χ4n) is 1.73. The van der Waals surface area contributed by atoms with Crippen molar-refractivity contribution in [2.24, 2.45) is 5.73 Å². The molecule has 0 radical (unpaired) electrons. The smallest absolute Gasteiger partial charge is 0.226 e. The summed E-state index contributed by atoms with van der Waals surface area (Å²) in [5, 5.41) is 6.58. The van der Waals surface area contributed by atoms with E-state index in [1.54, 1.807) is 12.1 Å². The Labute approximate surface area is 137 Å². The summed E-state index contributed by atoms with van der Waals surface area (Å²) in [4.78, 5) is 16.2. The molecule has 0 spiro atoms. The number of carbonyl (C=O) groups is 1. The summed E-state index contributed by atoms with van der Waals surface area (Å²) in [6.45, 7) is 1.16. The maximum atomic E-state index is 11.7. The Hall–Kier alpha value is -1.14. The van der Waals surface area contributed by atoms with Crippen LogP contribution in [0.25, 0.3) is 10.6 Å². The molecule has 1 aromatic carbocycles. The lowest BCUT2D eigenvalue weighted by molar-refractivity contribution is -0.120. The van der Waals surface area contributed by atoms with Gasteiger partial charge in [0.05, 0.1) is 17.1 Å². The third-order valence-electron chi connectivity index (χ3n) is 2.76. The lowest BCUT2D eigenvalue weighted by Crippen LogP contribution is -2.27. The molecule has 0 saturated heterocycles. The Morgan fingerprint density at radius 1 is 1.38 bits per heavy atom. The number of thiazole rings is 1. The maximum absolute atomic E-state index is 11.7. The lowest BCUT2D eigenvalue weighted by atomic mass is 10.2. The van der Waals surface area contributed by atoms with Crippen molar-refractivity contribution < 1.29 is 4.79 Å². The van der Waals surface area contributed by atoms with E-state index in [0.29, 0.717) is 23.1 Å². The molecule has 1 amide bonds. The second kappa shape index (κ2) is 7.75. The molecule has 0 aliphatic heterocycles. The van der Waals surface area contributed by atoms with Crippen molar-refractivity contribution in [3.63, 3.8) is 0 Å². The van der Waals surface area contributed by atoms with E-state index < -0.39 is 0 Å². The number of carbonyl (C=O) groups excluding carboxylic acids is 1. The van der Waals surface area contributed by atoms with E-state index >= 15 is 0 Å². The SMILES string of the molecule is NCCCNC(=O)Cc1csc(-c2ccc(Cl)cc2Cl)n1. The second-order valence-corrected chi connectivity index (χ2v) is 6.14. The van der Waals surface area contributed by atoms with Gasteiger partial charge in [-0.1, -0.05) is 23.2 Å². The zero-order chi connectivity index (χ0) is 15.2. The first-order valence-corrected chi connectivity index (χ1v) is 8.10. The largest absolute Gasteiger partial charge is 0.356 e. The minimum absolute atomic E-state index is 0.0532. The van der Waals surface area contributed by atoms with E-state index in [9.17, 15) is 4.79 Å². The molecule has 0 bridgehead atoms. The van der Waals surface area contributed by atoms with Gasteiger partial charge in [0.25, 0.3) is 0 Å². The lowest BCUT2D eigenvalue weighted by Gasteiger charge is -2.02. The van der Waals surface area contributed by atoms with Gasteiger partial charge in [-0.3, -0.25) is 4.79 Å². The van der Waals surface area contributed by atoms with Crippen molar-refractivity contribution in [1.29, 1.82) is 0 Å². The third-order valence-corrected chi connectivity index (χ3v) is 4.23. The molecule has 112 valence electrons. The molecule has 4 nitrogen and oxygen atoms in total. The molecule has 1 heterocycles. The molecule has 3 N–H and O–H groups in total. The Morgan fingerprint density at radius 2 is 2.19 bits per heavy atom. The van der Waals surface area contributed by atoms with Crippen molar-refractivity contribution in [3.8, 4) is 10.6 Å². The molecule has 1 aromatic heterocycles. The molecule has 0 aliphatic rings. The van der Waals surface area contributed by atoms with Crippen LogP contribution in [0.4, 0.5) is 0 Å². The number of aromatic nitrogens is 1. The molecule has 7 heteroatoms. The molecule has 0 fully saturated rings. The average Bonchev–Trinajstić information content (AvgIpc) is 2.87. The van der Waals surface area contributed by atoms with Gasteiger partial charge < -0.3 is 11.1 Å². The number of nitrogens with zero attached hydrogens (tertiary/aromatic N) is 1. The molecular formula is C14H15Cl2N3OS. The molecule has 2 aromatic rings. The van der Waals surface area contributed by atoms with E-state index in [1.807, 2.05) is 11.4 Å². The predicted molar refractivity (Wildman–Crippen MR) is 88.0 cm³/mol. The summed E-state index contributed by atoms with van der Waals surface area (Å²) in [6.07, 6.45) is 1.03. The summed E-state index contributed by atoms with van der Waals surface area (Å²) in [7, 11) is 0. The Bertz CT molecular complexity index is 630. The molecule has 0 unspecified atom stereocenters. The quantitative estimate of drug-likeness (QED) is 0.791. The fourth-order valence-corrected chi connectivity index (χ4v) is 3.14. The first-order valence-electron chi connectivity index (χ1n) is 6.46. The van der Waals surface area contributed by atoms with Gasteiger partial charge in [-0.15, -0.1) is 11.3 Å². The van der Waals surface area contributed by atoms with Crippen LogP contribution in [0, 0.1) is 0 Å². The summed E-state index contributed by atoms with van der Waals surface area (Å²) in [5.41, 5.74) is 6.92. The molecule has 2 rings (SSSR count). The highest BCUT2D eigenvalue weighted by Crippen LogP contribution is 2.32. The molecule has 0 aliphatic carbocycles. The van der Waals surface area contributed by atoms with E-state index in [1.165, 1.54) is 11.3 Å². The molecule has 21 heavy (non-hydrogen) atoms. The highest BCUT2D eigenvalue weighted by molar-refractivity contribution is 7.13. The number of rotatable bonds is 6. The van der Waals surface area contributed by atoms with Gasteiger partial charge in [-0.05, 0) is 31.2 Å². The normalized spacial score (nSPS) is 10.6. The number of hydrogen-bond donors (Lipinski definition) is 2. The van der Waals surface area contributed by atoms with Crippen LogP contribution in [0.15, 0.2) is 23.6 Å². The van der Waals surface area contributed by atoms with Crippen LogP contribution in [0.5, 0.6) is 0 Å². The van der Waals surface area contributed by atoms with E-state index in [4.69, 9.17) is 28.9 Å². The number of nitrogens with one attached hydrogen (secondary N) is 1. The Balaban J connectivity index is 2.02. The Morgan fingerprint density at radius 3 is 2.90 bits per heavy atom. The Kier molecular flexibility index (Phi) is 5.99. The van der Waals surface area contributed by atoms with Crippen LogP contribution < -0.4 is 11.1 Å². The zero-order valence-electron chi connectivity index (χ0n) is 11.2. The molecular weight excluding hydrogens is 329 g/mol. The predicted octanol–water partition coefficient (Wildman–Crippen LogP) is 3.12. The number of benzene rings is 1. The minimum atomic E-state index is -0.0532. The van der Waals surface area contributed by atoms with Crippen LogP contribution in [-0.2, 0) is 11.2 Å². The van der Waals surface area contributed by atoms with Crippen LogP contribution >= 0.6 is 34.5 Å². The van der Waals surface area contributed by atoms with E-state index in [2.05, 4.69) is 10.3 Å². The third kappa shape index (κ3) is 4.68. The summed E-state index contributed by atoms with van der Waals surface area (Å²) in [6, 6.07) is 5.27. The standard InChI is InChI=1S/C14H15Cl2N3OS/c15-9-2-3-11(12(16)6-9)14-19-10(8-21-14)7-13(20)18-5-1-4-17/h2-3,6,8H,1,4-5,7,17H2,(H,18,20). The highest BCUT2D eigenvalue weighted by atomic mass is 35.5.